The Morgan fingerprint density at radius 1 is 1.23 bits per heavy atom. The molecule has 2 heterocycles. The molecule has 1 aliphatic heterocycles. The maximum atomic E-state index is 12.1. The Balaban J connectivity index is 1.70. The molecule has 1 N–H and O–H groups in total. The maximum absolute atomic E-state index is 12.1. The summed E-state index contributed by atoms with van der Waals surface area (Å²) in [5.74, 6) is -2.60. The molecule has 8 nitrogen and oxygen atoms in total. The number of nitriles is 1. The van der Waals surface area contributed by atoms with Gasteiger partial charge in [0.15, 0.2) is 0 Å². The fraction of sp³-hybridized carbons (Fsp3) is 0.118. The molecule has 1 aliphatic rings. The number of amides is 2. The van der Waals surface area contributed by atoms with Gasteiger partial charge in [0.2, 0.25) is 5.56 Å². The van der Waals surface area contributed by atoms with Crippen molar-refractivity contribution < 1.29 is 19.2 Å². The molecule has 3 rings (SSSR count). The molecule has 0 saturated carbocycles. The summed E-state index contributed by atoms with van der Waals surface area (Å²) in [6.07, 6.45) is 0. The molecular formula is C17H11N3O5S. The minimum absolute atomic E-state index is 0.160. The number of aromatic nitrogens is 1. The topological polar surface area (TPSA) is 120 Å². The Morgan fingerprint density at radius 3 is 2.42 bits per heavy atom. The molecule has 0 spiro atoms. The van der Waals surface area contributed by atoms with Crippen molar-refractivity contribution in [3.63, 3.8) is 0 Å². The molecule has 0 radical (unpaired) electrons. The van der Waals surface area contributed by atoms with Crippen molar-refractivity contribution in [1.29, 1.82) is 5.26 Å². The van der Waals surface area contributed by atoms with Crippen molar-refractivity contribution in [3.05, 3.63) is 62.9 Å². The minimum atomic E-state index is -0.865. The zero-order valence-corrected chi connectivity index (χ0v) is 14.3. The van der Waals surface area contributed by atoms with Crippen molar-refractivity contribution >= 4 is 29.5 Å². The number of hydrogen-bond acceptors (Lipinski definition) is 7. The first-order valence-corrected chi connectivity index (χ1v) is 8.36. The molecule has 2 amide bonds. The number of rotatable bonds is 4. The van der Waals surface area contributed by atoms with Crippen molar-refractivity contribution in [3.8, 4) is 6.07 Å². The molecule has 2 aromatic rings. The summed E-state index contributed by atoms with van der Waals surface area (Å²) in [4.78, 5) is 55.2. The highest BCUT2D eigenvalue weighted by molar-refractivity contribution is 7.99. The van der Waals surface area contributed by atoms with Gasteiger partial charge < -0.3 is 9.82 Å². The van der Waals surface area contributed by atoms with Crippen molar-refractivity contribution in [1.82, 2.24) is 10.0 Å². The van der Waals surface area contributed by atoms with Crippen LogP contribution in [0.5, 0.6) is 0 Å². The van der Waals surface area contributed by atoms with Crippen LogP contribution in [-0.2, 0) is 9.63 Å². The second-order valence-corrected chi connectivity index (χ2v) is 6.32. The van der Waals surface area contributed by atoms with Crippen LogP contribution < -0.4 is 5.56 Å². The molecule has 0 saturated heterocycles. The van der Waals surface area contributed by atoms with Gasteiger partial charge in [-0.05, 0) is 24.6 Å². The summed E-state index contributed by atoms with van der Waals surface area (Å²) in [6, 6.07) is 9.36. The van der Waals surface area contributed by atoms with Gasteiger partial charge in [0.25, 0.3) is 11.8 Å². The monoisotopic (exact) mass is 369 g/mol. The number of hydrogen-bond donors (Lipinski definition) is 1. The van der Waals surface area contributed by atoms with Gasteiger partial charge in [-0.2, -0.15) is 5.26 Å². The summed E-state index contributed by atoms with van der Waals surface area (Å²) >= 11 is 0.876. The predicted molar refractivity (Wildman–Crippen MR) is 90.3 cm³/mol. The number of H-pyrrole nitrogens is 1. The number of fused-ring (bicyclic) bond motifs is 1. The molecule has 1 aromatic carbocycles. The summed E-state index contributed by atoms with van der Waals surface area (Å²) in [5, 5.41) is 9.79. The predicted octanol–water partition coefficient (Wildman–Crippen LogP) is 1.40. The van der Waals surface area contributed by atoms with Crippen molar-refractivity contribution in [2.45, 2.75) is 11.9 Å². The van der Waals surface area contributed by atoms with Crippen LogP contribution in [0, 0.1) is 18.3 Å². The Morgan fingerprint density at radius 2 is 1.85 bits per heavy atom. The molecule has 0 bridgehead atoms. The summed E-state index contributed by atoms with van der Waals surface area (Å²) < 4.78 is 0. The maximum Gasteiger partial charge on any atom is 0.343 e. The molecule has 0 unspecified atom stereocenters. The molecule has 26 heavy (non-hydrogen) atoms. The van der Waals surface area contributed by atoms with E-state index in [0.29, 0.717) is 10.6 Å². The number of carbonyl (C=O) groups is 3. The first-order chi connectivity index (χ1) is 12.4. The summed E-state index contributed by atoms with van der Waals surface area (Å²) in [5.41, 5.74) is 0.633. The fourth-order valence-electron chi connectivity index (χ4n) is 2.41. The number of thioether (sulfide) groups is 1. The van der Waals surface area contributed by atoms with Gasteiger partial charge >= 0.3 is 5.97 Å². The lowest BCUT2D eigenvalue weighted by Crippen LogP contribution is -2.33. The van der Waals surface area contributed by atoms with Gasteiger partial charge in [0, 0.05) is 6.07 Å². The number of pyridine rings is 1. The van der Waals surface area contributed by atoms with E-state index in [1.165, 1.54) is 18.2 Å². The lowest BCUT2D eigenvalue weighted by atomic mass is 10.1. The van der Waals surface area contributed by atoms with Crippen LogP contribution in [0.4, 0.5) is 0 Å². The van der Waals surface area contributed by atoms with Crippen molar-refractivity contribution in [2.75, 3.05) is 5.75 Å². The van der Waals surface area contributed by atoms with Crippen LogP contribution in [0.1, 0.15) is 31.8 Å². The van der Waals surface area contributed by atoms with Crippen LogP contribution in [0.2, 0.25) is 0 Å². The zero-order chi connectivity index (χ0) is 18.8. The molecule has 0 fully saturated rings. The Hall–Kier alpha value is -3.38. The van der Waals surface area contributed by atoms with Gasteiger partial charge in [-0.25, -0.2) is 4.79 Å². The first kappa shape index (κ1) is 17.4. The van der Waals surface area contributed by atoms with Gasteiger partial charge in [-0.15, -0.1) is 0 Å². The average Bonchev–Trinajstić information content (AvgIpc) is 2.85. The number of aromatic amines is 1. The third-order valence-electron chi connectivity index (χ3n) is 3.60. The number of nitrogens with one attached hydrogen (secondary N) is 1. The Kier molecular flexibility index (Phi) is 4.60. The van der Waals surface area contributed by atoms with Crippen molar-refractivity contribution in [2.24, 2.45) is 0 Å². The second-order valence-electron chi connectivity index (χ2n) is 5.33. The van der Waals surface area contributed by atoms with Gasteiger partial charge in [0.05, 0.1) is 21.7 Å². The molecule has 0 atom stereocenters. The van der Waals surface area contributed by atoms with E-state index in [-0.39, 0.29) is 27.5 Å². The van der Waals surface area contributed by atoms with E-state index in [2.05, 4.69) is 4.98 Å². The molecule has 130 valence electrons. The summed E-state index contributed by atoms with van der Waals surface area (Å²) in [7, 11) is 0. The highest BCUT2D eigenvalue weighted by Crippen LogP contribution is 2.24. The lowest BCUT2D eigenvalue weighted by molar-refractivity contribution is -0.165. The van der Waals surface area contributed by atoms with Crippen LogP contribution >= 0.6 is 11.8 Å². The van der Waals surface area contributed by atoms with E-state index >= 15 is 0 Å². The smallest absolute Gasteiger partial charge is 0.329 e. The summed E-state index contributed by atoms with van der Waals surface area (Å²) in [6.45, 7) is 1.61. The SMILES string of the molecule is Cc1cc(=O)[nH]c(SCC(=O)ON2C(=O)c3ccccc3C2=O)c1C#N. The Labute approximate surface area is 151 Å². The molecule has 0 aliphatic carbocycles. The van der Waals surface area contributed by atoms with E-state index in [1.807, 2.05) is 6.07 Å². The number of benzene rings is 1. The number of carbonyl (C=O) groups excluding carboxylic acids is 3. The quantitative estimate of drug-likeness (QED) is 0.639. The zero-order valence-electron chi connectivity index (χ0n) is 13.4. The van der Waals surface area contributed by atoms with E-state index < -0.39 is 23.3 Å². The number of nitrogens with zero attached hydrogens (tertiary/aromatic N) is 2. The standard InChI is InChI=1S/C17H11N3O5S/c1-9-6-13(21)19-15(12(9)7-18)26-8-14(22)25-20-16(23)10-4-2-3-5-11(10)17(20)24/h2-6H,8H2,1H3,(H,19,21). The minimum Gasteiger partial charge on any atom is -0.329 e. The number of aryl methyl sites for hydroxylation is 1. The van der Waals surface area contributed by atoms with E-state index in [4.69, 9.17) is 10.1 Å². The number of imide groups is 1. The third-order valence-corrected chi connectivity index (χ3v) is 4.58. The normalized spacial score (nSPS) is 12.7. The highest BCUT2D eigenvalue weighted by Gasteiger charge is 2.38. The third kappa shape index (κ3) is 3.10. The molecule has 1 aromatic heterocycles. The van der Waals surface area contributed by atoms with E-state index in [1.54, 1.807) is 19.1 Å². The molecular weight excluding hydrogens is 358 g/mol. The van der Waals surface area contributed by atoms with Crippen LogP contribution in [0.15, 0.2) is 40.2 Å². The largest absolute Gasteiger partial charge is 0.343 e. The number of hydroxylamine groups is 2. The first-order valence-electron chi connectivity index (χ1n) is 7.38. The van der Waals surface area contributed by atoms with Gasteiger partial charge in [0.1, 0.15) is 11.8 Å². The fourth-order valence-corrected chi connectivity index (χ4v) is 3.25. The van der Waals surface area contributed by atoms with E-state index in [0.717, 1.165) is 11.8 Å². The van der Waals surface area contributed by atoms with Crippen LogP contribution in [0.3, 0.4) is 0 Å². The second kappa shape index (κ2) is 6.85. The average molecular weight is 369 g/mol. The van der Waals surface area contributed by atoms with E-state index in [9.17, 15) is 19.2 Å². The molecule has 9 heteroatoms. The highest BCUT2D eigenvalue weighted by atomic mass is 32.2. The Bertz CT molecular complexity index is 1000. The van der Waals surface area contributed by atoms with Gasteiger partial charge in [-0.1, -0.05) is 29.0 Å². The lowest BCUT2D eigenvalue weighted by Gasteiger charge is -2.12. The van der Waals surface area contributed by atoms with Crippen LogP contribution in [0.25, 0.3) is 0 Å². The van der Waals surface area contributed by atoms with Crippen LogP contribution in [-0.4, -0.2) is 33.6 Å². The van der Waals surface area contributed by atoms with Gasteiger partial charge in [-0.3, -0.25) is 14.4 Å².